The highest BCUT2D eigenvalue weighted by Crippen LogP contribution is 2.27. The number of likely N-dealkylation sites (tertiary alicyclic amines) is 1. The van der Waals surface area contributed by atoms with Crippen LogP contribution in [0.2, 0.25) is 0 Å². The predicted molar refractivity (Wildman–Crippen MR) is 75.6 cm³/mol. The zero-order valence-corrected chi connectivity index (χ0v) is 12.5. The molecule has 2 fully saturated rings. The summed E-state index contributed by atoms with van der Waals surface area (Å²) in [4.78, 5) is 36.8. The number of nitrogens with one attached hydrogen (secondary N) is 2. The zero-order valence-electron chi connectivity index (χ0n) is 12.5. The van der Waals surface area contributed by atoms with Gasteiger partial charge < -0.3 is 20.6 Å². The number of carbonyl (C=O) groups is 3. The molecule has 3 N–H and O–H groups in total. The van der Waals surface area contributed by atoms with E-state index in [-0.39, 0.29) is 36.4 Å². The Morgan fingerprint density at radius 2 is 2.19 bits per heavy atom. The van der Waals surface area contributed by atoms with Crippen LogP contribution in [0.1, 0.15) is 26.7 Å². The smallest absolute Gasteiger partial charge is 0.317 e. The summed E-state index contributed by atoms with van der Waals surface area (Å²) in [7, 11) is 0. The molecule has 21 heavy (non-hydrogen) atoms. The molecular formula is C14H23N3O4. The average molecular weight is 297 g/mol. The molecule has 3 unspecified atom stereocenters. The van der Waals surface area contributed by atoms with Gasteiger partial charge in [-0.15, -0.1) is 0 Å². The van der Waals surface area contributed by atoms with Crippen LogP contribution in [0.15, 0.2) is 0 Å². The van der Waals surface area contributed by atoms with Crippen LogP contribution in [0.3, 0.4) is 0 Å². The van der Waals surface area contributed by atoms with Gasteiger partial charge in [0.05, 0.1) is 17.9 Å². The molecule has 0 aromatic heterocycles. The van der Waals surface area contributed by atoms with Gasteiger partial charge in [-0.25, -0.2) is 4.79 Å². The molecule has 3 atom stereocenters. The van der Waals surface area contributed by atoms with Gasteiger partial charge in [0.25, 0.3) is 0 Å². The highest BCUT2D eigenvalue weighted by atomic mass is 16.4. The van der Waals surface area contributed by atoms with Crippen molar-refractivity contribution in [1.29, 1.82) is 0 Å². The summed E-state index contributed by atoms with van der Waals surface area (Å²) in [6.07, 6.45) is 1.61. The third-order valence-electron chi connectivity index (χ3n) is 4.46. The number of aliphatic carboxylic acids is 1. The summed E-state index contributed by atoms with van der Waals surface area (Å²) in [5, 5.41) is 14.6. The van der Waals surface area contributed by atoms with Crippen molar-refractivity contribution in [2.75, 3.05) is 19.6 Å². The van der Waals surface area contributed by atoms with E-state index < -0.39 is 11.9 Å². The van der Waals surface area contributed by atoms with E-state index in [1.54, 1.807) is 4.90 Å². The van der Waals surface area contributed by atoms with Gasteiger partial charge in [-0.3, -0.25) is 9.59 Å². The van der Waals surface area contributed by atoms with E-state index in [1.165, 1.54) is 0 Å². The summed E-state index contributed by atoms with van der Waals surface area (Å²) in [5.74, 6) is -1.66. The number of urea groups is 1. The second kappa shape index (κ2) is 6.32. The Kier molecular flexibility index (Phi) is 4.69. The summed E-state index contributed by atoms with van der Waals surface area (Å²) in [5.41, 5.74) is 0. The molecule has 2 heterocycles. The lowest BCUT2D eigenvalue weighted by molar-refractivity contribution is -0.143. The Labute approximate surface area is 124 Å². The normalized spacial score (nSPS) is 26.2. The first-order chi connectivity index (χ1) is 9.91. The molecule has 7 heteroatoms. The Morgan fingerprint density at radius 1 is 1.48 bits per heavy atom. The number of amides is 3. The van der Waals surface area contributed by atoms with Crippen molar-refractivity contribution in [2.45, 2.75) is 32.7 Å². The van der Waals surface area contributed by atoms with Crippen molar-refractivity contribution in [1.82, 2.24) is 15.5 Å². The number of carboxylic acid groups (broad SMARTS) is 1. The fourth-order valence-electron chi connectivity index (χ4n) is 3.11. The fourth-order valence-corrected chi connectivity index (χ4v) is 3.11. The maximum absolute atomic E-state index is 12.3. The lowest BCUT2D eigenvalue weighted by Crippen LogP contribution is -2.53. The van der Waals surface area contributed by atoms with Gasteiger partial charge in [0, 0.05) is 19.6 Å². The Morgan fingerprint density at radius 3 is 2.81 bits per heavy atom. The summed E-state index contributed by atoms with van der Waals surface area (Å²) in [6, 6.07) is -0.373. The standard InChI is InChI=1S/C14H23N3O4/c1-8(2)10(13(19)20)6-16-14(21)17-5-3-4-9-11(17)7-15-12(9)18/h8-11H,3-7H2,1-2H3,(H,15,18)(H,16,21)(H,19,20). The molecule has 0 bridgehead atoms. The lowest BCUT2D eigenvalue weighted by Gasteiger charge is -2.36. The highest BCUT2D eigenvalue weighted by molar-refractivity contribution is 5.84. The van der Waals surface area contributed by atoms with E-state index in [0.717, 1.165) is 12.8 Å². The fraction of sp³-hybridized carbons (Fsp3) is 0.786. The lowest BCUT2D eigenvalue weighted by atomic mass is 9.92. The van der Waals surface area contributed by atoms with Crippen molar-refractivity contribution in [2.24, 2.45) is 17.8 Å². The molecule has 118 valence electrons. The molecule has 0 aromatic carbocycles. The van der Waals surface area contributed by atoms with Crippen LogP contribution in [0.5, 0.6) is 0 Å². The summed E-state index contributed by atoms with van der Waals surface area (Å²) < 4.78 is 0. The van der Waals surface area contributed by atoms with Gasteiger partial charge in [-0.2, -0.15) is 0 Å². The van der Waals surface area contributed by atoms with Crippen LogP contribution in [-0.2, 0) is 9.59 Å². The van der Waals surface area contributed by atoms with Crippen LogP contribution in [-0.4, -0.2) is 53.6 Å². The average Bonchev–Trinajstić information content (AvgIpc) is 2.80. The maximum Gasteiger partial charge on any atom is 0.317 e. The minimum Gasteiger partial charge on any atom is -0.481 e. The van der Waals surface area contributed by atoms with Gasteiger partial charge in [-0.1, -0.05) is 13.8 Å². The molecule has 7 nitrogen and oxygen atoms in total. The minimum absolute atomic E-state index is 0.0168. The monoisotopic (exact) mass is 297 g/mol. The highest BCUT2D eigenvalue weighted by Gasteiger charge is 2.42. The molecular weight excluding hydrogens is 274 g/mol. The first kappa shape index (κ1) is 15.6. The van der Waals surface area contributed by atoms with Crippen LogP contribution in [0.25, 0.3) is 0 Å². The van der Waals surface area contributed by atoms with E-state index in [1.807, 2.05) is 13.8 Å². The van der Waals surface area contributed by atoms with Gasteiger partial charge >= 0.3 is 12.0 Å². The summed E-state index contributed by atoms with van der Waals surface area (Å²) >= 11 is 0. The topological polar surface area (TPSA) is 98.7 Å². The Balaban J connectivity index is 1.94. The molecule has 2 aliphatic rings. The van der Waals surface area contributed by atoms with Crippen LogP contribution >= 0.6 is 0 Å². The maximum atomic E-state index is 12.3. The molecule has 0 spiro atoms. The third kappa shape index (κ3) is 3.28. The van der Waals surface area contributed by atoms with Gasteiger partial charge in [0.1, 0.15) is 0 Å². The second-order valence-corrected chi connectivity index (χ2v) is 6.13. The first-order valence-corrected chi connectivity index (χ1v) is 7.46. The number of hydrogen-bond donors (Lipinski definition) is 3. The largest absolute Gasteiger partial charge is 0.481 e. The van der Waals surface area contributed by atoms with E-state index in [2.05, 4.69) is 10.6 Å². The number of rotatable bonds is 4. The van der Waals surface area contributed by atoms with Crippen molar-refractivity contribution in [3.05, 3.63) is 0 Å². The molecule has 2 aliphatic heterocycles. The van der Waals surface area contributed by atoms with Crippen LogP contribution in [0.4, 0.5) is 4.79 Å². The Bertz CT molecular complexity index is 438. The quantitative estimate of drug-likeness (QED) is 0.693. The predicted octanol–water partition coefficient (Wildman–Crippen LogP) is 0.263. The van der Waals surface area contributed by atoms with Gasteiger partial charge in [-0.05, 0) is 18.8 Å². The Hall–Kier alpha value is -1.79. The molecule has 0 saturated carbocycles. The van der Waals surface area contributed by atoms with E-state index >= 15 is 0 Å². The van der Waals surface area contributed by atoms with Crippen molar-refractivity contribution < 1.29 is 19.5 Å². The molecule has 3 amide bonds. The molecule has 0 aromatic rings. The van der Waals surface area contributed by atoms with Crippen LogP contribution < -0.4 is 10.6 Å². The molecule has 0 radical (unpaired) electrons. The van der Waals surface area contributed by atoms with Crippen molar-refractivity contribution >= 4 is 17.9 Å². The second-order valence-electron chi connectivity index (χ2n) is 6.13. The zero-order chi connectivity index (χ0) is 15.6. The van der Waals surface area contributed by atoms with Crippen LogP contribution in [0, 0.1) is 17.8 Å². The third-order valence-corrected chi connectivity index (χ3v) is 4.46. The summed E-state index contributed by atoms with van der Waals surface area (Å²) in [6.45, 7) is 4.86. The number of carboxylic acids is 1. The number of piperidine rings is 1. The number of carbonyl (C=O) groups excluding carboxylic acids is 2. The van der Waals surface area contributed by atoms with Gasteiger partial charge in [0.15, 0.2) is 0 Å². The van der Waals surface area contributed by atoms with E-state index in [4.69, 9.17) is 5.11 Å². The first-order valence-electron chi connectivity index (χ1n) is 7.46. The SMILES string of the molecule is CC(C)C(CNC(=O)N1CCCC2C(=O)NCC21)C(=O)O. The molecule has 2 saturated heterocycles. The van der Waals surface area contributed by atoms with E-state index in [0.29, 0.717) is 13.1 Å². The number of hydrogen-bond acceptors (Lipinski definition) is 3. The minimum atomic E-state index is -0.903. The van der Waals surface area contributed by atoms with Gasteiger partial charge in [0.2, 0.25) is 5.91 Å². The van der Waals surface area contributed by atoms with Crippen molar-refractivity contribution in [3.63, 3.8) is 0 Å². The number of fused-ring (bicyclic) bond motifs is 1. The van der Waals surface area contributed by atoms with E-state index in [9.17, 15) is 14.4 Å². The number of nitrogens with zero attached hydrogens (tertiary/aromatic N) is 1. The molecule has 0 aliphatic carbocycles. The molecule has 2 rings (SSSR count). The van der Waals surface area contributed by atoms with Crippen molar-refractivity contribution in [3.8, 4) is 0 Å².